The highest BCUT2D eigenvalue weighted by Gasteiger charge is 2.60. The Balaban J connectivity index is 1.94. The minimum Gasteiger partial charge on any atom is -0.465 e. The van der Waals surface area contributed by atoms with Crippen molar-refractivity contribution >= 4 is 5.97 Å². The van der Waals surface area contributed by atoms with Crippen LogP contribution in [0.4, 0.5) is 0 Å². The van der Waals surface area contributed by atoms with Gasteiger partial charge in [0, 0.05) is 18.8 Å². The van der Waals surface area contributed by atoms with Crippen LogP contribution in [0.2, 0.25) is 0 Å². The van der Waals surface area contributed by atoms with Crippen molar-refractivity contribution in [1.82, 2.24) is 5.06 Å². The van der Waals surface area contributed by atoms with E-state index in [1.807, 2.05) is 6.92 Å². The monoisotopic (exact) mass is 509 g/mol. The number of esters is 1. The van der Waals surface area contributed by atoms with E-state index in [1.54, 1.807) is 0 Å². The zero-order valence-electron chi connectivity index (χ0n) is 24.5. The first-order valence-electron chi connectivity index (χ1n) is 14.7. The molecule has 2 unspecified atom stereocenters. The van der Waals surface area contributed by atoms with Crippen molar-refractivity contribution in [3.8, 4) is 0 Å². The maximum Gasteiger partial charge on any atom is 0.305 e. The molecule has 0 aromatic carbocycles. The van der Waals surface area contributed by atoms with Gasteiger partial charge in [0.15, 0.2) is 5.79 Å². The largest absolute Gasteiger partial charge is 0.465 e. The van der Waals surface area contributed by atoms with E-state index in [0.29, 0.717) is 32.0 Å². The average molecular weight is 510 g/mol. The number of allylic oxidation sites excluding steroid dienone is 1. The van der Waals surface area contributed by atoms with Gasteiger partial charge in [0.05, 0.1) is 30.2 Å². The van der Waals surface area contributed by atoms with Crippen LogP contribution in [0.1, 0.15) is 126 Å². The van der Waals surface area contributed by atoms with Crippen LogP contribution >= 0.6 is 0 Å². The van der Waals surface area contributed by atoms with Crippen LogP contribution in [0, 0.1) is 11.3 Å². The summed E-state index contributed by atoms with van der Waals surface area (Å²) in [4.78, 5) is 18.6. The second-order valence-corrected chi connectivity index (χ2v) is 11.6. The Labute approximate surface area is 221 Å². The highest BCUT2D eigenvalue weighted by Crippen LogP contribution is 2.51. The molecule has 6 heteroatoms. The third kappa shape index (κ3) is 7.48. The fourth-order valence-corrected chi connectivity index (χ4v) is 5.71. The van der Waals surface area contributed by atoms with Gasteiger partial charge in [-0.1, -0.05) is 79.7 Å². The Morgan fingerprint density at radius 1 is 1.00 bits per heavy atom. The van der Waals surface area contributed by atoms with Crippen LogP contribution in [0.3, 0.4) is 0 Å². The Hall–Kier alpha value is -1.11. The predicted molar refractivity (Wildman–Crippen MR) is 145 cm³/mol. The number of hydrogen-bond acceptors (Lipinski definition) is 6. The van der Waals surface area contributed by atoms with Crippen LogP contribution in [0.25, 0.3) is 0 Å². The van der Waals surface area contributed by atoms with Gasteiger partial charge in [-0.15, -0.1) is 5.06 Å². The van der Waals surface area contributed by atoms with E-state index in [1.165, 1.54) is 32.1 Å². The maximum atomic E-state index is 12.4. The van der Waals surface area contributed by atoms with Crippen molar-refractivity contribution in [2.45, 2.75) is 143 Å². The summed E-state index contributed by atoms with van der Waals surface area (Å²) in [6.45, 7) is 20.5. The molecule has 2 aliphatic heterocycles. The first kappa shape index (κ1) is 31.1. The molecule has 0 amide bonds. The highest BCUT2D eigenvalue weighted by molar-refractivity contribution is 5.69. The van der Waals surface area contributed by atoms with Gasteiger partial charge < -0.3 is 19.0 Å². The van der Waals surface area contributed by atoms with Gasteiger partial charge in [0.2, 0.25) is 0 Å². The Kier molecular flexibility index (Phi) is 12.2. The molecule has 2 aliphatic rings. The predicted octanol–water partition coefficient (Wildman–Crippen LogP) is 7.56. The molecule has 0 aromatic rings. The summed E-state index contributed by atoms with van der Waals surface area (Å²) >= 11 is 0. The van der Waals surface area contributed by atoms with Crippen molar-refractivity contribution in [1.29, 1.82) is 0 Å². The molecule has 2 fully saturated rings. The second-order valence-electron chi connectivity index (χ2n) is 11.6. The van der Waals surface area contributed by atoms with Crippen LogP contribution in [0.5, 0.6) is 0 Å². The van der Waals surface area contributed by atoms with Crippen LogP contribution in [-0.2, 0) is 23.8 Å². The maximum absolute atomic E-state index is 12.4. The number of ether oxygens (including phenoxy) is 3. The summed E-state index contributed by atoms with van der Waals surface area (Å²) in [6.07, 6.45) is 12.3. The van der Waals surface area contributed by atoms with Gasteiger partial charge in [-0.3, -0.25) is 4.79 Å². The van der Waals surface area contributed by atoms with E-state index < -0.39 is 5.79 Å². The van der Waals surface area contributed by atoms with E-state index in [4.69, 9.17) is 19.0 Å². The number of unbranched alkanes of at least 4 members (excludes halogenated alkanes) is 6. The Morgan fingerprint density at radius 2 is 1.61 bits per heavy atom. The molecule has 2 saturated heterocycles. The number of carbonyl (C=O) groups is 1. The Morgan fingerprint density at radius 3 is 2.14 bits per heavy atom. The van der Waals surface area contributed by atoms with Gasteiger partial charge in [0.25, 0.3) is 0 Å². The topological polar surface area (TPSA) is 57.2 Å². The highest BCUT2D eigenvalue weighted by atomic mass is 16.7. The molecule has 210 valence electrons. The van der Waals surface area contributed by atoms with E-state index in [0.717, 1.165) is 38.5 Å². The standard InChI is InChI=1S/C30H55NO5/c1-9-13-14-15-16-17-18-19-27(32)33-21-29(12-4)22-34-30(35-23-29)20-26(10-2)31(36-24(5)6)28(8,11-3)25(30)7/h25-26H,5,9-23H2,1-4,6-8H3/t25?,26?,28-,29?,30?/m0/s1. The minimum absolute atomic E-state index is 0.0897. The molecule has 0 radical (unpaired) electrons. The third-order valence-corrected chi connectivity index (χ3v) is 8.91. The van der Waals surface area contributed by atoms with Gasteiger partial charge in [-0.2, -0.15) is 0 Å². The van der Waals surface area contributed by atoms with Gasteiger partial charge in [0.1, 0.15) is 12.4 Å². The van der Waals surface area contributed by atoms with E-state index in [2.05, 4.69) is 53.2 Å². The lowest BCUT2D eigenvalue weighted by molar-refractivity contribution is -0.390. The smallest absolute Gasteiger partial charge is 0.305 e. The number of rotatable bonds is 15. The number of nitrogens with zero attached hydrogens (tertiary/aromatic N) is 1. The quantitative estimate of drug-likeness (QED) is 0.129. The summed E-state index contributed by atoms with van der Waals surface area (Å²) in [5.74, 6) is 0.0257. The molecule has 1 spiro atoms. The summed E-state index contributed by atoms with van der Waals surface area (Å²) in [5, 5.41) is 2.14. The normalized spacial score (nSPS) is 33.0. The zero-order chi connectivity index (χ0) is 26.8. The lowest BCUT2D eigenvalue weighted by Crippen LogP contribution is -2.70. The SMILES string of the molecule is C=C(C)ON1C(CC)CC2(OCC(CC)(COC(=O)CCCCCCCCC)CO2)C(C)[C@]1(C)CC. The van der Waals surface area contributed by atoms with Crippen LogP contribution < -0.4 is 0 Å². The van der Waals surface area contributed by atoms with Crippen LogP contribution in [0.15, 0.2) is 12.3 Å². The van der Waals surface area contributed by atoms with Crippen molar-refractivity contribution in [3.05, 3.63) is 12.3 Å². The first-order valence-corrected chi connectivity index (χ1v) is 14.7. The van der Waals surface area contributed by atoms with Gasteiger partial charge in [-0.05, 0) is 39.5 Å². The molecule has 3 atom stereocenters. The molecule has 6 nitrogen and oxygen atoms in total. The average Bonchev–Trinajstić information content (AvgIpc) is 2.88. The van der Waals surface area contributed by atoms with Gasteiger partial charge >= 0.3 is 5.97 Å². The minimum atomic E-state index is -0.666. The molecule has 2 rings (SSSR count). The summed E-state index contributed by atoms with van der Waals surface area (Å²) < 4.78 is 19.1. The first-order chi connectivity index (χ1) is 17.1. The number of carbonyl (C=O) groups excluding carboxylic acids is 1. The van der Waals surface area contributed by atoms with E-state index >= 15 is 0 Å². The summed E-state index contributed by atoms with van der Waals surface area (Å²) in [6, 6.07) is 0.164. The summed E-state index contributed by atoms with van der Waals surface area (Å²) in [7, 11) is 0. The third-order valence-electron chi connectivity index (χ3n) is 8.91. The number of hydrogen-bond donors (Lipinski definition) is 0. The molecule has 0 N–H and O–H groups in total. The van der Waals surface area contributed by atoms with E-state index in [9.17, 15) is 4.79 Å². The molecule has 0 saturated carbocycles. The Bertz CT molecular complexity index is 687. The lowest BCUT2D eigenvalue weighted by atomic mass is 9.70. The molecular formula is C30H55NO5. The van der Waals surface area contributed by atoms with Crippen LogP contribution in [-0.4, -0.2) is 48.2 Å². The molecule has 2 heterocycles. The zero-order valence-corrected chi connectivity index (χ0v) is 24.5. The molecule has 0 aromatic heterocycles. The number of hydroxylamine groups is 2. The van der Waals surface area contributed by atoms with Crippen molar-refractivity contribution in [2.75, 3.05) is 19.8 Å². The fourth-order valence-electron chi connectivity index (χ4n) is 5.71. The number of piperidine rings is 1. The van der Waals surface area contributed by atoms with Crippen molar-refractivity contribution in [3.63, 3.8) is 0 Å². The van der Waals surface area contributed by atoms with Crippen molar-refractivity contribution in [2.24, 2.45) is 11.3 Å². The fraction of sp³-hybridized carbons (Fsp3) is 0.900. The van der Waals surface area contributed by atoms with E-state index in [-0.39, 0.29) is 28.9 Å². The second kappa shape index (κ2) is 14.2. The lowest BCUT2D eigenvalue weighted by Gasteiger charge is -2.60. The van der Waals surface area contributed by atoms with Gasteiger partial charge in [-0.25, -0.2) is 0 Å². The summed E-state index contributed by atoms with van der Waals surface area (Å²) in [5.41, 5.74) is -0.552. The molecule has 0 aliphatic carbocycles. The molecular weight excluding hydrogens is 454 g/mol. The van der Waals surface area contributed by atoms with Crippen molar-refractivity contribution < 1.29 is 23.8 Å². The molecule has 36 heavy (non-hydrogen) atoms. The molecule has 0 bridgehead atoms.